The molecule has 25 heavy (non-hydrogen) atoms. The monoisotopic (exact) mass is 509 g/mol. The van der Waals surface area contributed by atoms with E-state index in [0.717, 1.165) is 19.7 Å². The van der Waals surface area contributed by atoms with Gasteiger partial charge in [0.1, 0.15) is 22.5 Å². The number of aromatic nitrogens is 2. The number of hydrogen-bond acceptors (Lipinski definition) is 4. The summed E-state index contributed by atoms with van der Waals surface area (Å²) in [6.07, 6.45) is 3.32. The standard InChI is InChI=1S/2C9H6BrNO.Cu/c2*10-7-3-4-8(12)9-6(7)2-1-5-11-9;/h2*1-5,12H;/q;;+2. The summed E-state index contributed by atoms with van der Waals surface area (Å²) in [7, 11) is 0. The molecule has 0 aliphatic rings. The van der Waals surface area contributed by atoms with Crippen LogP contribution in [0.2, 0.25) is 0 Å². The summed E-state index contributed by atoms with van der Waals surface area (Å²) in [6, 6.07) is 14.4. The fourth-order valence-corrected chi connectivity index (χ4v) is 3.15. The molecule has 0 atom stereocenters. The maximum atomic E-state index is 9.41. The van der Waals surface area contributed by atoms with Crippen molar-refractivity contribution in [3.63, 3.8) is 0 Å². The number of rotatable bonds is 0. The van der Waals surface area contributed by atoms with Crippen LogP contribution in [0.4, 0.5) is 0 Å². The van der Waals surface area contributed by atoms with Crippen LogP contribution in [0.3, 0.4) is 0 Å². The van der Waals surface area contributed by atoms with Crippen molar-refractivity contribution in [2.45, 2.75) is 0 Å². The number of benzene rings is 2. The molecule has 0 saturated heterocycles. The summed E-state index contributed by atoms with van der Waals surface area (Å²) < 4.78 is 1.90. The van der Waals surface area contributed by atoms with Crippen molar-refractivity contribution in [3.8, 4) is 11.5 Å². The van der Waals surface area contributed by atoms with E-state index < -0.39 is 0 Å². The van der Waals surface area contributed by atoms with Crippen molar-refractivity contribution in [1.29, 1.82) is 0 Å². The molecule has 2 aromatic heterocycles. The molecule has 0 saturated carbocycles. The van der Waals surface area contributed by atoms with Crippen molar-refractivity contribution < 1.29 is 27.3 Å². The number of fused-ring (bicyclic) bond motifs is 2. The van der Waals surface area contributed by atoms with E-state index >= 15 is 0 Å². The molecule has 7 heteroatoms. The third-order valence-corrected chi connectivity index (χ3v) is 4.77. The minimum absolute atomic E-state index is 0. The van der Waals surface area contributed by atoms with E-state index in [9.17, 15) is 10.2 Å². The van der Waals surface area contributed by atoms with Gasteiger partial charge in [0.05, 0.1) is 0 Å². The Morgan fingerprint density at radius 3 is 1.40 bits per heavy atom. The summed E-state index contributed by atoms with van der Waals surface area (Å²) in [5.41, 5.74) is 1.26. The number of phenolic OH excluding ortho intramolecular Hbond substituents is 2. The van der Waals surface area contributed by atoms with Crippen molar-refractivity contribution in [2.75, 3.05) is 0 Å². The van der Waals surface area contributed by atoms with Crippen LogP contribution in [0.15, 0.2) is 69.9 Å². The van der Waals surface area contributed by atoms with Gasteiger partial charge in [-0.15, -0.1) is 0 Å². The van der Waals surface area contributed by atoms with Gasteiger partial charge in [0, 0.05) is 32.1 Å². The first-order valence-corrected chi connectivity index (χ1v) is 8.61. The fraction of sp³-hybridized carbons (Fsp3) is 0. The zero-order valence-electron chi connectivity index (χ0n) is 12.6. The zero-order valence-corrected chi connectivity index (χ0v) is 16.7. The van der Waals surface area contributed by atoms with Crippen molar-refractivity contribution in [3.05, 3.63) is 69.9 Å². The smallest absolute Gasteiger partial charge is 0.506 e. The average molecular weight is 512 g/mol. The molecule has 0 amide bonds. The van der Waals surface area contributed by atoms with Crippen molar-refractivity contribution in [1.82, 2.24) is 9.97 Å². The largest absolute Gasteiger partial charge is 2.00 e. The van der Waals surface area contributed by atoms with Gasteiger partial charge in [-0.3, -0.25) is 9.97 Å². The van der Waals surface area contributed by atoms with E-state index in [1.54, 1.807) is 36.7 Å². The van der Waals surface area contributed by atoms with Crippen LogP contribution in [0.25, 0.3) is 21.8 Å². The molecule has 4 nitrogen and oxygen atoms in total. The summed E-state index contributed by atoms with van der Waals surface area (Å²) >= 11 is 6.76. The van der Waals surface area contributed by atoms with E-state index in [1.165, 1.54) is 0 Å². The minimum Gasteiger partial charge on any atom is -0.506 e. The molecule has 0 bridgehead atoms. The van der Waals surface area contributed by atoms with Gasteiger partial charge in [-0.2, -0.15) is 0 Å². The topological polar surface area (TPSA) is 66.2 Å². The minimum atomic E-state index is 0. The second kappa shape index (κ2) is 8.63. The Hall–Kier alpha value is -1.66. The number of pyridine rings is 2. The quantitative estimate of drug-likeness (QED) is 0.310. The Kier molecular flexibility index (Phi) is 6.78. The number of halogens is 2. The van der Waals surface area contributed by atoms with E-state index in [-0.39, 0.29) is 28.6 Å². The molecule has 0 unspecified atom stereocenters. The SMILES string of the molecule is Oc1ccc(Br)c2cccnc12.Oc1ccc(Br)c2cccnc12.[Cu+2]. The molecular weight excluding hydrogens is 500 g/mol. The first kappa shape index (κ1) is 19.7. The molecule has 2 aromatic carbocycles. The molecular formula is C18H12Br2CuN2O2+2. The van der Waals surface area contributed by atoms with Gasteiger partial charge in [0.2, 0.25) is 0 Å². The Labute approximate surface area is 171 Å². The van der Waals surface area contributed by atoms with Gasteiger partial charge in [-0.25, -0.2) is 0 Å². The van der Waals surface area contributed by atoms with Gasteiger partial charge in [0.15, 0.2) is 0 Å². The van der Waals surface area contributed by atoms with Gasteiger partial charge in [-0.05, 0) is 36.4 Å². The first-order chi connectivity index (χ1) is 11.6. The van der Waals surface area contributed by atoms with Crippen molar-refractivity contribution >= 4 is 53.7 Å². The van der Waals surface area contributed by atoms with Crippen LogP contribution in [-0.2, 0) is 17.1 Å². The molecule has 1 radical (unpaired) electrons. The Morgan fingerprint density at radius 1 is 0.640 bits per heavy atom. The molecule has 0 spiro atoms. The molecule has 0 aliphatic carbocycles. The maximum absolute atomic E-state index is 9.41. The number of phenols is 2. The summed E-state index contributed by atoms with van der Waals surface area (Å²) in [5.74, 6) is 0.433. The number of nitrogens with zero attached hydrogens (tertiary/aromatic N) is 2. The fourth-order valence-electron chi connectivity index (χ4n) is 2.25. The normalized spacial score (nSPS) is 10.0. The van der Waals surface area contributed by atoms with Gasteiger partial charge in [-0.1, -0.05) is 44.0 Å². The van der Waals surface area contributed by atoms with Gasteiger partial charge in [0.25, 0.3) is 0 Å². The summed E-state index contributed by atoms with van der Waals surface area (Å²) in [5, 5.41) is 20.7. The van der Waals surface area contributed by atoms with Gasteiger partial charge >= 0.3 is 17.1 Å². The summed E-state index contributed by atoms with van der Waals surface area (Å²) in [6.45, 7) is 0. The molecule has 4 aromatic rings. The Bertz CT molecular complexity index is 864. The maximum Gasteiger partial charge on any atom is 2.00 e. The average Bonchev–Trinajstić information content (AvgIpc) is 2.63. The predicted molar refractivity (Wildman–Crippen MR) is 102 cm³/mol. The number of hydrogen-bond donors (Lipinski definition) is 2. The zero-order chi connectivity index (χ0) is 17.1. The summed E-state index contributed by atoms with van der Waals surface area (Å²) in [4.78, 5) is 8.12. The van der Waals surface area contributed by atoms with Crippen LogP contribution in [0.1, 0.15) is 0 Å². The van der Waals surface area contributed by atoms with E-state index in [1.807, 2.05) is 24.3 Å². The van der Waals surface area contributed by atoms with Crippen LogP contribution >= 0.6 is 31.9 Å². The van der Waals surface area contributed by atoms with Crippen LogP contribution < -0.4 is 0 Å². The van der Waals surface area contributed by atoms with Gasteiger partial charge < -0.3 is 10.2 Å². The van der Waals surface area contributed by atoms with Crippen LogP contribution in [0, 0.1) is 0 Å². The van der Waals surface area contributed by atoms with E-state index in [0.29, 0.717) is 11.0 Å². The second-order valence-electron chi connectivity index (χ2n) is 4.93. The third kappa shape index (κ3) is 4.30. The Balaban J connectivity index is 0.000000173. The van der Waals surface area contributed by atoms with Crippen LogP contribution in [-0.4, -0.2) is 20.2 Å². The third-order valence-electron chi connectivity index (χ3n) is 3.39. The Morgan fingerprint density at radius 2 is 1.04 bits per heavy atom. The van der Waals surface area contributed by atoms with Crippen LogP contribution in [0.5, 0.6) is 11.5 Å². The van der Waals surface area contributed by atoms with E-state index in [2.05, 4.69) is 41.8 Å². The van der Waals surface area contributed by atoms with Crippen molar-refractivity contribution in [2.24, 2.45) is 0 Å². The first-order valence-electron chi connectivity index (χ1n) is 7.02. The molecule has 2 N–H and O–H groups in total. The number of aromatic hydroxyl groups is 2. The van der Waals surface area contributed by atoms with E-state index in [4.69, 9.17) is 0 Å². The molecule has 2 heterocycles. The molecule has 4 rings (SSSR count). The molecule has 0 aliphatic heterocycles. The second-order valence-corrected chi connectivity index (χ2v) is 6.64. The molecule has 129 valence electrons. The predicted octanol–water partition coefficient (Wildman–Crippen LogP) is 5.40. The molecule has 0 fully saturated rings.